The quantitative estimate of drug-likeness (QED) is 0.190. The zero-order chi connectivity index (χ0) is 27.1. The molecule has 2 aromatic carbocycles. The first-order valence-electron chi connectivity index (χ1n) is 11.4. The van der Waals surface area contributed by atoms with Gasteiger partial charge in [-0.3, -0.25) is 0 Å². The van der Waals surface area contributed by atoms with E-state index < -0.39 is 23.7 Å². The summed E-state index contributed by atoms with van der Waals surface area (Å²) in [4.78, 5) is 23.6. The largest absolute Gasteiger partial charge is 0.460 e. The van der Waals surface area contributed by atoms with Crippen molar-refractivity contribution >= 4 is 23.3 Å². The fourth-order valence-electron chi connectivity index (χ4n) is 2.83. The molecule has 0 saturated carbocycles. The number of anilines is 2. The number of ether oxygens (including phenoxy) is 5. The van der Waals surface area contributed by atoms with Crippen LogP contribution in [0, 0.1) is 0 Å². The minimum Gasteiger partial charge on any atom is -0.460 e. The second-order valence-corrected chi connectivity index (χ2v) is 7.64. The lowest BCUT2D eigenvalue weighted by Crippen LogP contribution is -2.15. The first-order valence-corrected chi connectivity index (χ1v) is 11.4. The average Bonchev–Trinajstić information content (AvgIpc) is 2.86. The molecule has 0 unspecified atom stereocenters. The molecule has 0 saturated heterocycles. The summed E-state index contributed by atoms with van der Waals surface area (Å²) in [5.41, 5.74) is 0.215. The predicted octanol–water partition coefficient (Wildman–Crippen LogP) is 4.77. The van der Waals surface area contributed by atoms with Gasteiger partial charge in [0, 0.05) is 11.3 Å². The van der Waals surface area contributed by atoms with Crippen LogP contribution in [0.4, 0.5) is 24.5 Å². The summed E-state index contributed by atoms with van der Waals surface area (Å²) in [6, 6.07) is 11.1. The van der Waals surface area contributed by atoms with Crippen molar-refractivity contribution in [3.63, 3.8) is 0 Å². The topological polar surface area (TPSA) is 92.3 Å². The van der Waals surface area contributed by atoms with Crippen molar-refractivity contribution in [3.8, 4) is 0 Å². The van der Waals surface area contributed by atoms with E-state index >= 15 is 0 Å². The number of carbonyl (C=O) groups excluding carboxylic acids is 2. The summed E-state index contributed by atoms with van der Waals surface area (Å²) >= 11 is 0. The Morgan fingerprint density at radius 2 is 1.38 bits per heavy atom. The molecule has 0 atom stereocenters. The van der Waals surface area contributed by atoms with Crippen LogP contribution in [0.15, 0.2) is 60.7 Å². The van der Waals surface area contributed by atoms with E-state index in [1.807, 2.05) is 0 Å². The molecule has 0 spiro atoms. The normalized spacial score (nSPS) is 11.1. The Morgan fingerprint density at radius 1 is 0.811 bits per heavy atom. The molecule has 0 aliphatic carbocycles. The van der Waals surface area contributed by atoms with Crippen LogP contribution < -0.4 is 5.32 Å². The van der Waals surface area contributed by atoms with Crippen molar-refractivity contribution in [3.05, 3.63) is 71.8 Å². The molecule has 1 N–H and O–H groups in total. The number of hydrogen-bond acceptors (Lipinski definition) is 8. The Morgan fingerprint density at radius 3 is 1.97 bits per heavy atom. The number of esters is 2. The number of nitrogens with one attached hydrogen (secondary N) is 1. The van der Waals surface area contributed by atoms with Crippen LogP contribution in [0.1, 0.15) is 22.8 Å². The van der Waals surface area contributed by atoms with E-state index in [1.54, 1.807) is 25.1 Å². The van der Waals surface area contributed by atoms with Crippen LogP contribution in [0.3, 0.4) is 0 Å². The highest BCUT2D eigenvalue weighted by molar-refractivity contribution is 5.96. The third-order valence-corrected chi connectivity index (χ3v) is 4.63. The molecule has 0 aliphatic rings. The van der Waals surface area contributed by atoms with Crippen molar-refractivity contribution in [2.24, 2.45) is 0 Å². The summed E-state index contributed by atoms with van der Waals surface area (Å²) in [7, 11) is 0. The molecule has 2 rings (SSSR count). The predicted molar refractivity (Wildman–Crippen MR) is 130 cm³/mol. The Labute approximate surface area is 213 Å². The van der Waals surface area contributed by atoms with Crippen LogP contribution >= 0.6 is 0 Å². The lowest BCUT2D eigenvalue weighted by Gasteiger charge is -2.13. The van der Waals surface area contributed by atoms with Gasteiger partial charge in [0.1, 0.15) is 13.2 Å². The van der Waals surface area contributed by atoms with Gasteiger partial charge in [-0.1, -0.05) is 24.8 Å². The number of rotatable bonds is 16. The maximum Gasteiger partial charge on any atom is 0.416 e. The van der Waals surface area contributed by atoms with Gasteiger partial charge in [0.25, 0.3) is 0 Å². The van der Waals surface area contributed by atoms with E-state index in [2.05, 4.69) is 11.9 Å². The highest BCUT2D eigenvalue weighted by Gasteiger charge is 2.30. The smallest absolute Gasteiger partial charge is 0.416 e. The van der Waals surface area contributed by atoms with Gasteiger partial charge in [0.2, 0.25) is 0 Å². The van der Waals surface area contributed by atoms with Gasteiger partial charge in [-0.05, 0) is 37.3 Å². The lowest BCUT2D eigenvalue weighted by atomic mass is 10.1. The maximum atomic E-state index is 13.0. The number of benzene rings is 2. The van der Waals surface area contributed by atoms with Crippen molar-refractivity contribution in [1.82, 2.24) is 0 Å². The molecule has 0 amide bonds. The van der Waals surface area contributed by atoms with E-state index in [9.17, 15) is 22.8 Å². The van der Waals surface area contributed by atoms with E-state index in [1.165, 1.54) is 18.2 Å². The Kier molecular flexibility index (Phi) is 12.6. The molecule has 0 fully saturated rings. The van der Waals surface area contributed by atoms with Crippen LogP contribution in [0.2, 0.25) is 0 Å². The summed E-state index contributed by atoms with van der Waals surface area (Å²) in [5.74, 6) is -1.10. The molecule has 0 heterocycles. The van der Waals surface area contributed by atoms with Gasteiger partial charge in [-0.15, -0.1) is 0 Å². The van der Waals surface area contributed by atoms with Crippen LogP contribution in [0.5, 0.6) is 0 Å². The fourth-order valence-corrected chi connectivity index (χ4v) is 2.83. The molecule has 37 heavy (non-hydrogen) atoms. The third-order valence-electron chi connectivity index (χ3n) is 4.63. The minimum absolute atomic E-state index is 0.0112. The summed E-state index contributed by atoms with van der Waals surface area (Å²) < 4.78 is 64.9. The van der Waals surface area contributed by atoms with Crippen LogP contribution in [-0.4, -0.2) is 64.8 Å². The maximum absolute atomic E-state index is 13.0. The molecular weight excluding hydrogens is 495 g/mol. The number of hydrogen-bond donors (Lipinski definition) is 1. The van der Waals surface area contributed by atoms with Gasteiger partial charge in [-0.2, -0.15) is 13.2 Å². The third kappa shape index (κ3) is 11.5. The molecule has 0 bridgehead atoms. The van der Waals surface area contributed by atoms with Gasteiger partial charge in [-0.25, -0.2) is 9.59 Å². The Bertz CT molecular complexity index is 1030. The molecule has 0 aliphatic heterocycles. The standard InChI is InChI=1S/C26H30F3NO7/c1-19(2)24(31)36-16-14-34-12-10-33-11-13-35-15-17-37-25(32)22-8-3-4-9-23(22)30-21-7-5-6-20(18-21)26(27,28)29/h3-9,18,30H,1,10-17H2,2H3. The second kappa shape index (κ2) is 15.6. The van der Waals surface area contributed by atoms with Gasteiger partial charge >= 0.3 is 18.1 Å². The van der Waals surface area contributed by atoms with Gasteiger partial charge < -0.3 is 29.0 Å². The molecular formula is C26H30F3NO7. The minimum atomic E-state index is -4.47. The molecule has 202 valence electrons. The number of para-hydroxylation sites is 1. The SMILES string of the molecule is C=C(C)C(=O)OCCOCCOCCOCCOC(=O)c1ccccc1Nc1cccc(C(F)(F)F)c1. The summed E-state index contributed by atoms with van der Waals surface area (Å²) in [6.07, 6.45) is -4.47. The monoisotopic (exact) mass is 525 g/mol. The fraction of sp³-hybridized carbons (Fsp3) is 0.385. The van der Waals surface area contributed by atoms with Gasteiger partial charge in [0.05, 0.1) is 56.5 Å². The zero-order valence-electron chi connectivity index (χ0n) is 20.5. The Hall–Kier alpha value is -3.41. The van der Waals surface area contributed by atoms with Crippen LogP contribution in [-0.2, 0) is 34.7 Å². The number of carbonyl (C=O) groups is 2. The Balaban J connectivity index is 1.61. The van der Waals surface area contributed by atoms with E-state index in [4.69, 9.17) is 23.7 Å². The zero-order valence-corrected chi connectivity index (χ0v) is 20.5. The van der Waals surface area contributed by atoms with Gasteiger partial charge in [0.15, 0.2) is 0 Å². The molecule has 0 radical (unpaired) electrons. The first-order chi connectivity index (χ1) is 17.7. The highest BCUT2D eigenvalue weighted by Crippen LogP contribution is 2.32. The second-order valence-electron chi connectivity index (χ2n) is 7.64. The molecule has 8 nitrogen and oxygen atoms in total. The number of halogens is 3. The van der Waals surface area contributed by atoms with E-state index in [0.29, 0.717) is 31.1 Å². The average molecular weight is 526 g/mol. The van der Waals surface area contributed by atoms with Crippen molar-refractivity contribution in [1.29, 1.82) is 0 Å². The lowest BCUT2D eigenvalue weighted by molar-refractivity contribution is -0.140. The van der Waals surface area contributed by atoms with Crippen LogP contribution in [0.25, 0.3) is 0 Å². The summed E-state index contributed by atoms with van der Waals surface area (Å²) in [5, 5.41) is 2.84. The summed E-state index contributed by atoms with van der Waals surface area (Å²) in [6.45, 7) is 6.82. The van der Waals surface area contributed by atoms with E-state index in [0.717, 1.165) is 12.1 Å². The van der Waals surface area contributed by atoms with Crippen molar-refractivity contribution < 1.29 is 46.4 Å². The van der Waals surface area contributed by atoms with Crippen molar-refractivity contribution in [2.45, 2.75) is 13.1 Å². The number of alkyl halides is 3. The molecule has 11 heteroatoms. The van der Waals surface area contributed by atoms with E-state index in [-0.39, 0.29) is 44.3 Å². The van der Waals surface area contributed by atoms with Crippen molar-refractivity contribution in [2.75, 3.05) is 58.2 Å². The molecule has 0 aromatic heterocycles. The highest BCUT2D eigenvalue weighted by atomic mass is 19.4. The first kappa shape index (κ1) is 29.8. The molecule has 2 aromatic rings.